The summed E-state index contributed by atoms with van der Waals surface area (Å²) < 4.78 is 0. The van der Waals surface area contributed by atoms with Crippen molar-refractivity contribution in [3.63, 3.8) is 0 Å². The van der Waals surface area contributed by atoms with Crippen LogP contribution in [0.1, 0.15) is 5.56 Å². The van der Waals surface area contributed by atoms with Gasteiger partial charge in [0.1, 0.15) is 0 Å². The number of hydrogen-bond donors (Lipinski definition) is 0. The van der Waals surface area contributed by atoms with Gasteiger partial charge in [-0.3, -0.25) is 4.98 Å². The molecule has 0 aliphatic rings. The maximum absolute atomic E-state index is 8.95. The highest BCUT2D eigenvalue weighted by Gasteiger charge is 1.76. The predicted octanol–water partition coefficient (Wildman–Crippen LogP) is 4.33. The van der Waals surface area contributed by atoms with Crippen molar-refractivity contribution in [2.45, 2.75) is 0 Å². The first kappa shape index (κ1) is 15.1. The van der Waals surface area contributed by atoms with Crippen LogP contribution >= 0.6 is 0 Å². The summed E-state index contributed by atoms with van der Waals surface area (Å²) in [5.74, 6) is 0. The van der Waals surface area contributed by atoms with E-state index in [9.17, 15) is 0 Å². The van der Waals surface area contributed by atoms with Gasteiger partial charge >= 0.3 is 0 Å². The van der Waals surface area contributed by atoms with Crippen LogP contribution in [0.25, 0.3) is 0 Å². The van der Waals surface area contributed by atoms with E-state index in [0.717, 1.165) is 0 Å². The summed E-state index contributed by atoms with van der Waals surface area (Å²) in [6.07, 6.45) is 3.43. The van der Waals surface area contributed by atoms with Crippen LogP contribution in [0.3, 0.4) is 0 Å². The van der Waals surface area contributed by atoms with Gasteiger partial charge in [-0.25, -0.2) is 0 Å². The first-order valence-electron chi connectivity index (χ1n) is 6.23. The minimum absolute atomic E-state index is 0.601. The van der Waals surface area contributed by atoms with Crippen LogP contribution in [0.15, 0.2) is 97.3 Å². The Bertz CT molecular complexity index is 569. The monoisotopic (exact) mass is 260 g/mol. The second-order valence-electron chi connectivity index (χ2n) is 3.66. The smallest absolute Gasteiger partial charge is 0.0991 e. The van der Waals surface area contributed by atoms with Crippen LogP contribution in [-0.4, -0.2) is 4.98 Å². The molecule has 98 valence electrons. The highest BCUT2D eigenvalue weighted by atomic mass is 14.6. The van der Waals surface area contributed by atoms with Crippen molar-refractivity contribution in [3.8, 4) is 6.07 Å². The highest BCUT2D eigenvalue weighted by molar-refractivity contribution is 5.25. The molecule has 0 bridgehead atoms. The maximum Gasteiger partial charge on any atom is 0.0991 e. The zero-order valence-corrected chi connectivity index (χ0v) is 11.1. The van der Waals surface area contributed by atoms with Crippen LogP contribution in [0.4, 0.5) is 0 Å². The van der Waals surface area contributed by atoms with Crippen LogP contribution in [-0.2, 0) is 0 Å². The Kier molecular flexibility index (Phi) is 8.47. The first-order valence-corrected chi connectivity index (χ1v) is 6.23. The molecule has 0 aromatic carbocycles. The lowest BCUT2D eigenvalue weighted by molar-refractivity contribution is 1.35. The SMILES string of the molecule is N#Cc1cccccccccnccccccc1. The van der Waals surface area contributed by atoms with E-state index in [1.54, 1.807) is 24.5 Å². The molecule has 0 atom stereocenters. The summed E-state index contributed by atoms with van der Waals surface area (Å²) >= 11 is 0. The molecule has 0 amide bonds. The van der Waals surface area contributed by atoms with Gasteiger partial charge in [0.25, 0.3) is 0 Å². The zero-order chi connectivity index (χ0) is 14.3. The second-order valence-corrected chi connectivity index (χ2v) is 3.66. The van der Waals surface area contributed by atoms with Crippen LogP contribution < -0.4 is 0 Å². The summed E-state index contributed by atoms with van der Waals surface area (Å²) in [4.78, 5) is 4.07. The van der Waals surface area contributed by atoms with Gasteiger partial charge in [-0.05, 0) is 24.3 Å². The molecule has 2 nitrogen and oxygen atoms in total. The summed E-state index contributed by atoms with van der Waals surface area (Å²) in [6, 6.07) is 28.1. The summed E-state index contributed by atoms with van der Waals surface area (Å²) in [5, 5.41) is 8.95. The van der Waals surface area contributed by atoms with Gasteiger partial charge in [-0.1, -0.05) is 60.7 Å². The van der Waals surface area contributed by atoms with E-state index in [-0.39, 0.29) is 0 Å². The molecule has 20 heavy (non-hydrogen) atoms. The molecule has 0 saturated carbocycles. The number of aromatic nitrogens is 1. The minimum atomic E-state index is 0.601. The van der Waals surface area contributed by atoms with Gasteiger partial charge in [0, 0.05) is 12.4 Å². The standard InChI is InChI=1S/C18H16N2/c19-17-18-13-9-5-2-1-3-7-11-15-20-16-12-8-4-6-10-14-18/h1-16H. The molecule has 1 aromatic heterocycles. The van der Waals surface area contributed by atoms with Crippen LogP contribution in [0, 0.1) is 11.3 Å². The zero-order valence-electron chi connectivity index (χ0n) is 11.1. The highest BCUT2D eigenvalue weighted by Crippen LogP contribution is 1.90. The molecule has 1 rings (SSSR count). The van der Waals surface area contributed by atoms with Crippen LogP contribution in [0.2, 0.25) is 0 Å². The average molecular weight is 260 g/mol. The second kappa shape index (κ2) is 11.2. The summed E-state index contributed by atoms with van der Waals surface area (Å²) in [5.41, 5.74) is 0.601. The molecule has 0 saturated heterocycles. The van der Waals surface area contributed by atoms with E-state index >= 15 is 0 Å². The number of nitriles is 1. The van der Waals surface area contributed by atoms with E-state index in [0.29, 0.717) is 5.56 Å². The van der Waals surface area contributed by atoms with E-state index in [2.05, 4.69) is 11.1 Å². The molecule has 2 heteroatoms. The third-order valence-electron chi connectivity index (χ3n) is 2.14. The van der Waals surface area contributed by atoms with Crippen molar-refractivity contribution in [1.29, 1.82) is 5.26 Å². The molecule has 0 spiro atoms. The maximum atomic E-state index is 8.95. The lowest BCUT2D eigenvalue weighted by Gasteiger charge is -1.76. The predicted molar refractivity (Wildman–Crippen MR) is 81.8 cm³/mol. The van der Waals surface area contributed by atoms with E-state index < -0.39 is 0 Å². The topological polar surface area (TPSA) is 36.7 Å². The molecule has 0 aliphatic heterocycles. The van der Waals surface area contributed by atoms with Gasteiger partial charge < -0.3 is 0 Å². The van der Waals surface area contributed by atoms with Gasteiger partial charge in [0.2, 0.25) is 0 Å². The average Bonchev–Trinajstić information content (AvgIpc) is 2.47. The summed E-state index contributed by atoms with van der Waals surface area (Å²) in [6.45, 7) is 0. The van der Waals surface area contributed by atoms with Gasteiger partial charge in [-0.2, -0.15) is 5.26 Å². The first-order chi connectivity index (χ1) is 9.93. The summed E-state index contributed by atoms with van der Waals surface area (Å²) in [7, 11) is 0. The van der Waals surface area contributed by atoms with E-state index in [1.807, 2.05) is 72.8 Å². The van der Waals surface area contributed by atoms with Crippen molar-refractivity contribution in [1.82, 2.24) is 4.98 Å². The van der Waals surface area contributed by atoms with Crippen molar-refractivity contribution < 1.29 is 0 Å². The fourth-order valence-corrected chi connectivity index (χ4v) is 1.21. The molecular weight excluding hydrogens is 244 g/mol. The Labute approximate surface area is 120 Å². The number of rotatable bonds is 0. The van der Waals surface area contributed by atoms with E-state index in [4.69, 9.17) is 5.26 Å². The van der Waals surface area contributed by atoms with Gasteiger partial charge in [0.05, 0.1) is 11.6 Å². The van der Waals surface area contributed by atoms with Crippen molar-refractivity contribution in [3.05, 3.63) is 103 Å². The third-order valence-corrected chi connectivity index (χ3v) is 2.14. The fourth-order valence-electron chi connectivity index (χ4n) is 1.21. The minimum Gasteiger partial charge on any atom is -0.265 e. The Balaban J connectivity index is 3.19. The Morgan fingerprint density at radius 1 is 0.600 bits per heavy atom. The van der Waals surface area contributed by atoms with Crippen molar-refractivity contribution in [2.24, 2.45) is 0 Å². The van der Waals surface area contributed by atoms with Crippen LogP contribution in [0.5, 0.6) is 0 Å². The normalized spacial score (nSPS) is 7.95. The van der Waals surface area contributed by atoms with Crippen molar-refractivity contribution in [2.75, 3.05) is 0 Å². The lowest BCUT2D eigenvalue weighted by Crippen LogP contribution is -1.63. The quantitative estimate of drug-likeness (QED) is 0.696. The molecule has 0 unspecified atom stereocenters. The Hall–Kier alpha value is -2.92. The molecular formula is C18H16N2. The fraction of sp³-hybridized carbons (Fsp3) is 0. The third kappa shape index (κ3) is 8.21. The molecule has 0 fully saturated rings. The van der Waals surface area contributed by atoms with Crippen molar-refractivity contribution >= 4 is 0 Å². The van der Waals surface area contributed by atoms with E-state index in [1.165, 1.54) is 0 Å². The van der Waals surface area contributed by atoms with Gasteiger partial charge in [-0.15, -0.1) is 0 Å². The number of hydrogen-bond acceptors (Lipinski definition) is 2. The Morgan fingerprint density at radius 3 is 1.45 bits per heavy atom. The lowest BCUT2D eigenvalue weighted by atomic mass is 10.3. The Morgan fingerprint density at radius 2 is 1.00 bits per heavy atom. The molecule has 0 N–H and O–H groups in total. The molecule has 1 aromatic rings. The molecule has 0 aliphatic carbocycles. The molecule has 0 radical (unpaired) electrons. The molecule has 1 heterocycles. The number of nitrogens with zero attached hydrogens (tertiary/aromatic N) is 2. The largest absolute Gasteiger partial charge is 0.265 e. The van der Waals surface area contributed by atoms with Gasteiger partial charge in [0.15, 0.2) is 0 Å².